The first-order valence-electron chi connectivity index (χ1n) is 7.88. The van der Waals surface area contributed by atoms with Gasteiger partial charge in [-0.15, -0.1) is 0 Å². The Morgan fingerprint density at radius 2 is 1.81 bits per heavy atom. The van der Waals surface area contributed by atoms with Crippen LogP contribution in [0.5, 0.6) is 5.75 Å². The molecule has 9 nitrogen and oxygen atoms in total. The number of hydrogen-bond acceptors (Lipinski definition) is 5. The van der Waals surface area contributed by atoms with E-state index in [-0.39, 0.29) is 17.8 Å². The molecule has 2 heterocycles. The summed E-state index contributed by atoms with van der Waals surface area (Å²) in [5.74, 6) is -1.06. The van der Waals surface area contributed by atoms with E-state index in [9.17, 15) is 19.2 Å². The van der Waals surface area contributed by atoms with E-state index >= 15 is 0 Å². The van der Waals surface area contributed by atoms with Crippen LogP contribution in [0, 0.1) is 0 Å². The molecule has 2 N–H and O–H groups in total. The first-order chi connectivity index (χ1) is 12.3. The number of nitrogens with zero attached hydrogens (tertiary/aromatic N) is 2. The SMILES string of the molecule is COc1ccc(NC(=O)CC2C(=O)Nc3c2c(=O)n(C)c(=O)n3C)cc1. The number of amides is 2. The minimum absolute atomic E-state index is 0.129. The third-order valence-electron chi connectivity index (χ3n) is 4.37. The molecule has 2 aromatic rings. The van der Waals surface area contributed by atoms with Gasteiger partial charge in [0.15, 0.2) is 0 Å². The number of anilines is 2. The van der Waals surface area contributed by atoms with Crippen LogP contribution < -0.4 is 26.6 Å². The Morgan fingerprint density at radius 1 is 1.15 bits per heavy atom. The number of methoxy groups -OCH3 is 1. The Morgan fingerprint density at radius 3 is 2.42 bits per heavy atom. The van der Waals surface area contributed by atoms with Gasteiger partial charge in [0.05, 0.1) is 18.6 Å². The number of hydrogen-bond donors (Lipinski definition) is 2. The summed E-state index contributed by atoms with van der Waals surface area (Å²) in [5.41, 5.74) is -0.451. The van der Waals surface area contributed by atoms with Gasteiger partial charge in [0.25, 0.3) is 5.56 Å². The number of ether oxygens (including phenoxy) is 1. The Bertz CT molecular complexity index is 1000. The van der Waals surface area contributed by atoms with Gasteiger partial charge >= 0.3 is 5.69 Å². The lowest BCUT2D eigenvalue weighted by molar-refractivity contribution is -0.122. The van der Waals surface area contributed by atoms with Crippen molar-refractivity contribution in [3.05, 3.63) is 50.7 Å². The zero-order valence-electron chi connectivity index (χ0n) is 14.5. The maximum atomic E-state index is 12.4. The maximum Gasteiger partial charge on any atom is 0.332 e. The molecule has 1 aliphatic rings. The quantitative estimate of drug-likeness (QED) is 0.809. The molecule has 0 saturated heterocycles. The first-order valence-corrected chi connectivity index (χ1v) is 7.88. The molecule has 136 valence electrons. The first kappa shape index (κ1) is 17.5. The van der Waals surface area contributed by atoms with Crippen LogP contribution >= 0.6 is 0 Å². The Balaban J connectivity index is 1.85. The highest BCUT2D eigenvalue weighted by Gasteiger charge is 2.37. The molecule has 2 amide bonds. The van der Waals surface area contributed by atoms with Crippen molar-refractivity contribution in [1.29, 1.82) is 0 Å². The number of carbonyl (C=O) groups excluding carboxylic acids is 2. The molecule has 1 aromatic carbocycles. The summed E-state index contributed by atoms with van der Waals surface area (Å²) in [5, 5.41) is 5.20. The predicted molar refractivity (Wildman–Crippen MR) is 94.5 cm³/mol. The third kappa shape index (κ3) is 2.87. The van der Waals surface area contributed by atoms with Crippen LogP contribution in [-0.2, 0) is 23.7 Å². The van der Waals surface area contributed by atoms with Crippen LogP contribution in [0.4, 0.5) is 11.5 Å². The molecule has 0 bridgehead atoms. The zero-order chi connectivity index (χ0) is 19.0. The van der Waals surface area contributed by atoms with Crippen LogP contribution in [0.2, 0.25) is 0 Å². The molecular weight excluding hydrogens is 340 g/mol. The summed E-state index contributed by atoms with van der Waals surface area (Å²) in [6.45, 7) is 0. The molecule has 0 fully saturated rings. The number of benzene rings is 1. The highest BCUT2D eigenvalue weighted by atomic mass is 16.5. The van der Waals surface area contributed by atoms with Crippen LogP contribution in [0.3, 0.4) is 0 Å². The smallest absolute Gasteiger partial charge is 0.332 e. The van der Waals surface area contributed by atoms with Gasteiger partial charge in [-0.3, -0.25) is 23.5 Å². The lowest BCUT2D eigenvalue weighted by Crippen LogP contribution is -2.39. The van der Waals surface area contributed by atoms with Crippen molar-refractivity contribution >= 4 is 23.3 Å². The molecule has 1 unspecified atom stereocenters. The molecule has 1 aromatic heterocycles. The summed E-state index contributed by atoms with van der Waals surface area (Å²) in [6.07, 6.45) is -0.210. The average Bonchev–Trinajstić information content (AvgIpc) is 2.95. The standard InChI is InChI=1S/C17H18N4O5/c1-20-14-13(16(24)21(2)17(20)25)11(15(23)19-14)8-12(22)18-9-4-6-10(26-3)7-5-9/h4-7,11H,8H2,1-3H3,(H,18,22)(H,19,23). The normalized spacial score (nSPS) is 15.3. The lowest BCUT2D eigenvalue weighted by Gasteiger charge is -2.11. The molecule has 9 heteroatoms. The van der Waals surface area contributed by atoms with E-state index in [0.717, 1.165) is 4.57 Å². The zero-order valence-corrected chi connectivity index (χ0v) is 14.5. The number of rotatable bonds is 4. The summed E-state index contributed by atoms with van der Waals surface area (Å²) in [7, 11) is 4.33. The second-order valence-electron chi connectivity index (χ2n) is 5.99. The van der Waals surface area contributed by atoms with Gasteiger partial charge in [-0.05, 0) is 24.3 Å². The molecule has 3 rings (SSSR count). The summed E-state index contributed by atoms with van der Waals surface area (Å²) >= 11 is 0. The van der Waals surface area contributed by atoms with Crippen molar-refractivity contribution < 1.29 is 14.3 Å². The molecule has 0 spiro atoms. The number of aromatic nitrogens is 2. The second-order valence-corrected chi connectivity index (χ2v) is 5.99. The number of nitrogens with one attached hydrogen (secondary N) is 2. The van der Waals surface area contributed by atoms with Crippen molar-refractivity contribution in [1.82, 2.24) is 9.13 Å². The lowest BCUT2D eigenvalue weighted by atomic mass is 9.99. The molecule has 1 aliphatic heterocycles. The molecular formula is C17H18N4O5. The Labute approximate surface area is 148 Å². The van der Waals surface area contributed by atoms with E-state index in [2.05, 4.69) is 10.6 Å². The van der Waals surface area contributed by atoms with Crippen molar-refractivity contribution in [3.8, 4) is 5.75 Å². The van der Waals surface area contributed by atoms with Gasteiger partial charge in [0.2, 0.25) is 11.8 Å². The maximum absolute atomic E-state index is 12.4. The highest BCUT2D eigenvalue weighted by Crippen LogP contribution is 2.31. The van der Waals surface area contributed by atoms with Crippen molar-refractivity contribution in [2.45, 2.75) is 12.3 Å². The molecule has 26 heavy (non-hydrogen) atoms. The highest BCUT2D eigenvalue weighted by molar-refractivity contribution is 6.05. The fraction of sp³-hybridized carbons (Fsp3) is 0.294. The van der Waals surface area contributed by atoms with Crippen LogP contribution in [0.25, 0.3) is 0 Å². The van der Waals surface area contributed by atoms with E-state index in [1.807, 2.05) is 0 Å². The second kappa shape index (κ2) is 6.51. The van der Waals surface area contributed by atoms with E-state index < -0.39 is 29.0 Å². The van der Waals surface area contributed by atoms with E-state index in [0.29, 0.717) is 11.4 Å². The third-order valence-corrected chi connectivity index (χ3v) is 4.37. The predicted octanol–water partition coefficient (Wildman–Crippen LogP) is 0.157. The fourth-order valence-corrected chi connectivity index (χ4v) is 2.94. The molecule has 0 aliphatic carbocycles. The van der Waals surface area contributed by atoms with Gasteiger partial charge in [-0.1, -0.05) is 0 Å². The fourth-order valence-electron chi connectivity index (χ4n) is 2.94. The minimum Gasteiger partial charge on any atom is -0.497 e. The summed E-state index contributed by atoms with van der Waals surface area (Å²) < 4.78 is 7.16. The van der Waals surface area contributed by atoms with Crippen LogP contribution in [-0.4, -0.2) is 28.1 Å². The van der Waals surface area contributed by atoms with E-state index in [4.69, 9.17) is 4.74 Å². The Kier molecular flexibility index (Phi) is 4.37. The van der Waals surface area contributed by atoms with Crippen LogP contribution in [0.15, 0.2) is 33.9 Å². The van der Waals surface area contributed by atoms with Gasteiger partial charge in [-0.2, -0.15) is 0 Å². The van der Waals surface area contributed by atoms with Gasteiger partial charge in [0, 0.05) is 26.2 Å². The summed E-state index contributed by atoms with van der Waals surface area (Å²) in [6, 6.07) is 6.72. The van der Waals surface area contributed by atoms with Crippen molar-refractivity contribution in [2.75, 3.05) is 17.7 Å². The average molecular weight is 358 g/mol. The van der Waals surface area contributed by atoms with E-state index in [1.165, 1.54) is 25.8 Å². The van der Waals surface area contributed by atoms with Crippen LogP contribution in [0.1, 0.15) is 17.9 Å². The van der Waals surface area contributed by atoms with Gasteiger partial charge in [-0.25, -0.2) is 4.79 Å². The van der Waals surface area contributed by atoms with Crippen molar-refractivity contribution in [3.63, 3.8) is 0 Å². The number of carbonyl (C=O) groups is 2. The molecule has 0 saturated carbocycles. The topological polar surface area (TPSA) is 111 Å². The van der Waals surface area contributed by atoms with Gasteiger partial charge < -0.3 is 15.4 Å². The summed E-state index contributed by atoms with van der Waals surface area (Å²) in [4.78, 5) is 49.0. The largest absolute Gasteiger partial charge is 0.497 e. The Hall–Kier alpha value is -3.36. The van der Waals surface area contributed by atoms with Crippen molar-refractivity contribution in [2.24, 2.45) is 14.1 Å². The van der Waals surface area contributed by atoms with E-state index in [1.54, 1.807) is 24.3 Å². The molecule has 1 atom stereocenters. The van der Waals surface area contributed by atoms with Gasteiger partial charge in [0.1, 0.15) is 11.6 Å². The number of fused-ring (bicyclic) bond motifs is 1. The minimum atomic E-state index is -0.950. The molecule has 0 radical (unpaired) electrons. The monoisotopic (exact) mass is 358 g/mol.